The van der Waals surface area contributed by atoms with E-state index in [1.54, 1.807) is 0 Å². The number of carbonyl (C=O) groups excluding carboxylic acids is 3. The summed E-state index contributed by atoms with van der Waals surface area (Å²) in [6, 6.07) is 13.6. The van der Waals surface area contributed by atoms with E-state index in [4.69, 9.17) is 0 Å². The van der Waals surface area contributed by atoms with Crippen molar-refractivity contribution in [3.05, 3.63) is 48.0 Å². The minimum Gasteiger partial charge on any atom is -0.324 e. The first-order valence-electron chi connectivity index (χ1n) is 6.70. The van der Waals surface area contributed by atoms with Crippen LogP contribution in [0.25, 0.3) is 10.8 Å². The first-order valence-corrected chi connectivity index (χ1v) is 6.70. The number of nitrogens with one attached hydrogen (secondary N) is 1. The van der Waals surface area contributed by atoms with E-state index < -0.39 is 11.8 Å². The number of piperazine rings is 1. The van der Waals surface area contributed by atoms with E-state index >= 15 is 0 Å². The Kier molecular flexibility index (Phi) is 3.39. The molecule has 0 aliphatic carbocycles. The van der Waals surface area contributed by atoms with Crippen molar-refractivity contribution in [3.63, 3.8) is 0 Å². The SMILES string of the molecule is O=C1CN(C(=O)Cc2cccc3ccccc23)CC(=O)N1. The second kappa shape index (κ2) is 5.36. The highest BCUT2D eigenvalue weighted by atomic mass is 16.2. The van der Waals surface area contributed by atoms with E-state index in [9.17, 15) is 14.4 Å². The maximum atomic E-state index is 12.3. The Hall–Kier alpha value is -2.69. The molecule has 5 nitrogen and oxygen atoms in total. The van der Waals surface area contributed by atoms with Gasteiger partial charge in [-0.2, -0.15) is 0 Å². The Balaban J connectivity index is 1.83. The number of carbonyl (C=O) groups is 3. The molecule has 1 N–H and O–H groups in total. The lowest BCUT2D eigenvalue weighted by Gasteiger charge is -2.25. The molecule has 0 bridgehead atoms. The third-order valence-corrected chi connectivity index (χ3v) is 3.52. The highest BCUT2D eigenvalue weighted by Crippen LogP contribution is 2.19. The predicted molar refractivity (Wildman–Crippen MR) is 77.4 cm³/mol. The number of fused-ring (bicyclic) bond motifs is 1. The normalized spacial score (nSPS) is 15.1. The summed E-state index contributed by atoms with van der Waals surface area (Å²) in [6.07, 6.45) is 0.182. The smallest absolute Gasteiger partial charge is 0.246 e. The average molecular weight is 282 g/mol. The molecule has 2 aromatic carbocycles. The van der Waals surface area contributed by atoms with Crippen LogP contribution in [0, 0.1) is 0 Å². The number of nitrogens with zero attached hydrogens (tertiary/aromatic N) is 1. The van der Waals surface area contributed by atoms with Gasteiger partial charge in [0.25, 0.3) is 0 Å². The minimum absolute atomic E-state index is 0.0602. The lowest BCUT2D eigenvalue weighted by molar-refractivity contribution is -0.145. The lowest BCUT2D eigenvalue weighted by atomic mass is 10.0. The molecule has 0 saturated carbocycles. The molecule has 5 heteroatoms. The summed E-state index contributed by atoms with van der Waals surface area (Å²) >= 11 is 0. The quantitative estimate of drug-likeness (QED) is 0.831. The number of hydrogen-bond acceptors (Lipinski definition) is 3. The van der Waals surface area contributed by atoms with Crippen LogP contribution < -0.4 is 5.32 Å². The van der Waals surface area contributed by atoms with Crippen molar-refractivity contribution in [1.82, 2.24) is 10.2 Å². The van der Waals surface area contributed by atoms with Crippen molar-refractivity contribution in [1.29, 1.82) is 0 Å². The predicted octanol–water partition coefficient (Wildman–Crippen LogP) is 0.867. The molecule has 1 heterocycles. The average Bonchev–Trinajstić information content (AvgIpc) is 2.46. The van der Waals surface area contributed by atoms with E-state index in [0.717, 1.165) is 16.3 Å². The van der Waals surface area contributed by atoms with Gasteiger partial charge in [-0.3, -0.25) is 19.7 Å². The molecular weight excluding hydrogens is 268 g/mol. The third-order valence-electron chi connectivity index (χ3n) is 3.52. The van der Waals surface area contributed by atoms with Gasteiger partial charge in [-0.15, -0.1) is 0 Å². The molecule has 0 spiro atoms. The molecule has 2 aromatic rings. The van der Waals surface area contributed by atoms with Gasteiger partial charge in [0.05, 0.1) is 6.42 Å². The summed E-state index contributed by atoms with van der Waals surface area (Å²) in [5, 5.41) is 4.27. The molecule has 1 aliphatic rings. The first kappa shape index (κ1) is 13.3. The summed E-state index contributed by atoms with van der Waals surface area (Å²) in [5.41, 5.74) is 0.900. The van der Waals surface area contributed by atoms with Gasteiger partial charge in [-0.25, -0.2) is 0 Å². The van der Waals surface area contributed by atoms with E-state index in [2.05, 4.69) is 5.32 Å². The standard InChI is InChI=1S/C16H14N2O3/c19-14-9-18(10-15(20)17-14)16(21)8-12-6-3-5-11-4-1-2-7-13(11)12/h1-7H,8-10H2,(H,17,19,20). The zero-order valence-corrected chi connectivity index (χ0v) is 11.3. The van der Waals surface area contributed by atoms with E-state index in [0.29, 0.717) is 0 Å². The molecule has 0 atom stereocenters. The number of hydrogen-bond donors (Lipinski definition) is 1. The largest absolute Gasteiger partial charge is 0.324 e. The van der Waals surface area contributed by atoms with Gasteiger partial charge >= 0.3 is 0 Å². The molecule has 0 aromatic heterocycles. The van der Waals surface area contributed by atoms with Crippen LogP contribution in [0.4, 0.5) is 0 Å². The molecule has 21 heavy (non-hydrogen) atoms. The summed E-state index contributed by atoms with van der Waals surface area (Å²) in [4.78, 5) is 36.2. The minimum atomic E-state index is -0.433. The van der Waals surface area contributed by atoms with Crippen LogP contribution in [0.15, 0.2) is 42.5 Å². The van der Waals surface area contributed by atoms with E-state index in [1.807, 2.05) is 42.5 Å². The van der Waals surface area contributed by atoms with Crippen molar-refractivity contribution in [2.45, 2.75) is 6.42 Å². The molecule has 0 unspecified atom stereocenters. The van der Waals surface area contributed by atoms with Crippen LogP contribution in [0.2, 0.25) is 0 Å². The molecule has 3 rings (SSSR count). The molecular formula is C16H14N2O3. The van der Waals surface area contributed by atoms with Gasteiger partial charge in [0.2, 0.25) is 17.7 Å². The Morgan fingerprint density at radius 1 is 1.00 bits per heavy atom. The van der Waals surface area contributed by atoms with Gasteiger partial charge in [0.15, 0.2) is 0 Å². The fourth-order valence-corrected chi connectivity index (χ4v) is 2.53. The van der Waals surface area contributed by atoms with E-state index in [1.165, 1.54) is 4.90 Å². The van der Waals surface area contributed by atoms with Gasteiger partial charge in [-0.1, -0.05) is 42.5 Å². The van der Waals surface area contributed by atoms with Crippen molar-refractivity contribution >= 4 is 28.5 Å². The third kappa shape index (κ3) is 2.76. The molecule has 0 radical (unpaired) electrons. The Morgan fingerprint density at radius 3 is 2.43 bits per heavy atom. The molecule has 1 fully saturated rings. The van der Waals surface area contributed by atoms with Crippen LogP contribution in [0.5, 0.6) is 0 Å². The second-order valence-corrected chi connectivity index (χ2v) is 5.04. The monoisotopic (exact) mass is 282 g/mol. The highest BCUT2D eigenvalue weighted by molar-refractivity contribution is 6.03. The van der Waals surface area contributed by atoms with E-state index in [-0.39, 0.29) is 25.4 Å². The number of rotatable bonds is 2. The van der Waals surface area contributed by atoms with Crippen LogP contribution >= 0.6 is 0 Å². The maximum absolute atomic E-state index is 12.3. The zero-order chi connectivity index (χ0) is 14.8. The van der Waals surface area contributed by atoms with Crippen molar-refractivity contribution in [2.75, 3.05) is 13.1 Å². The molecule has 106 valence electrons. The highest BCUT2D eigenvalue weighted by Gasteiger charge is 2.26. The maximum Gasteiger partial charge on any atom is 0.246 e. The number of amides is 3. The lowest BCUT2D eigenvalue weighted by Crippen LogP contribution is -2.53. The Morgan fingerprint density at radius 2 is 1.67 bits per heavy atom. The van der Waals surface area contributed by atoms with Gasteiger partial charge in [0, 0.05) is 0 Å². The van der Waals surface area contributed by atoms with Crippen molar-refractivity contribution in [2.24, 2.45) is 0 Å². The van der Waals surface area contributed by atoms with Gasteiger partial charge < -0.3 is 4.90 Å². The topological polar surface area (TPSA) is 66.5 Å². The second-order valence-electron chi connectivity index (χ2n) is 5.04. The van der Waals surface area contributed by atoms with Crippen LogP contribution in [0.3, 0.4) is 0 Å². The van der Waals surface area contributed by atoms with Crippen molar-refractivity contribution < 1.29 is 14.4 Å². The first-order chi connectivity index (χ1) is 10.1. The fourth-order valence-electron chi connectivity index (χ4n) is 2.53. The molecule has 3 amide bonds. The fraction of sp³-hybridized carbons (Fsp3) is 0.188. The Bertz CT molecular complexity index is 718. The summed E-state index contributed by atoms with van der Waals surface area (Å²) in [5.74, 6) is -1.08. The van der Waals surface area contributed by atoms with Gasteiger partial charge in [0.1, 0.15) is 13.1 Å². The summed E-state index contributed by atoms with van der Waals surface area (Å²) in [6.45, 7) is -0.120. The van der Waals surface area contributed by atoms with Gasteiger partial charge in [-0.05, 0) is 16.3 Å². The Labute approximate surface area is 121 Å². The summed E-state index contributed by atoms with van der Waals surface area (Å²) < 4.78 is 0. The zero-order valence-electron chi connectivity index (χ0n) is 11.3. The number of benzene rings is 2. The van der Waals surface area contributed by atoms with Crippen molar-refractivity contribution in [3.8, 4) is 0 Å². The molecule has 1 saturated heterocycles. The molecule has 1 aliphatic heterocycles. The number of imide groups is 1. The van der Waals surface area contributed by atoms with Crippen LogP contribution in [0.1, 0.15) is 5.56 Å². The summed E-state index contributed by atoms with van der Waals surface area (Å²) in [7, 11) is 0. The van der Waals surface area contributed by atoms with Crippen LogP contribution in [-0.4, -0.2) is 35.7 Å². The van der Waals surface area contributed by atoms with Crippen LogP contribution in [-0.2, 0) is 20.8 Å².